The Labute approximate surface area is 90.9 Å². The molecule has 4 nitrogen and oxygen atoms in total. The summed E-state index contributed by atoms with van der Waals surface area (Å²) in [6, 6.07) is 0.612. The van der Waals surface area contributed by atoms with Gasteiger partial charge >= 0.3 is 5.97 Å². The van der Waals surface area contributed by atoms with Gasteiger partial charge < -0.3 is 5.11 Å². The van der Waals surface area contributed by atoms with Crippen LogP contribution in [0, 0.1) is 0 Å². The van der Waals surface area contributed by atoms with Gasteiger partial charge in [-0.05, 0) is 45.3 Å². The van der Waals surface area contributed by atoms with Crippen molar-refractivity contribution in [1.29, 1.82) is 0 Å². The molecule has 0 radical (unpaired) electrons. The Morgan fingerprint density at radius 3 is 2.60 bits per heavy atom. The lowest BCUT2D eigenvalue weighted by Crippen LogP contribution is -2.48. The first kappa shape index (κ1) is 10.9. The van der Waals surface area contributed by atoms with Gasteiger partial charge in [-0.15, -0.1) is 0 Å². The highest BCUT2D eigenvalue weighted by atomic mass is 16.4. The number of hydrogen-bond donors (Lipinski definition) is 1. The Hall–Kier alpha value is -0.610. The molecule has 0 bridgehead atoms. The highest BCUT2D eigenvalue weighted by Crippen LogP contribution is 2.20. The molecular weight excluding hydrogens is 192 g/mol. The van der Waals surface area contributed by atoms with Crippen molar-refractivity contribution in [1.82, 2.24) is 9.80 Å². The third-order valence-electron chi connectivity index (χ3n) is 3.50. The van der Waals surface area contributed by atoms with Gasteiger partial charge in [0.2, 0.25) is 0 Å². The monoisotopic (exact) mass is 212 g/mol. The van der Waals surface area contributed by atoms with E-state index in [2.05, 4.69) is 9.80 Å². The van der Waals surface area contributed by atoms with E-state index in [9.17, 15) is 4.79 Å². The molecule has 1 N–H and O–H groups in total. The molecule has 0 spiro atoms. The Morgan fingerprint density at radius 1 is 1.20 bits per heavy atom. The molecule has 2 fully saturated rings. The van der Waals surface area contributed by atoms with Crippen molar-refractivity contribution in [2.45, 2.75) is 31.7 Å². The molecular formula is C11H20N2O2. The number of likely N-dealkylation sites (tertiary alicyclic amines) is 2. The van der Waals surface area contributed by atoms with Crippen LogP contribution in [0.3, 0.4) is 0 Å². The highest BCUT2D eigenvalue weighted by Gasteiger charge is 2.27. The average Bonchev–Trinajstić information content (AvgIpc) is 2.69. The van der Waals surface area contributed by atoms with Crippen molar-refractivity contribution < 1.29 is 9.90 Å². The number of carboxylic acid groups (broad SMARTS) is 1. The highest BCUT2D eigenvalue weighted by molar-refractivity contribution is 5.69. The van der Waals surface area contributed by atoms with Crippen molar-refractivity contribution in [2.24, 2.45) is 0 Å². The number of rotatable bonds is 3. The minimum Gasteiger partial charge on any atom is -0.480 e. The standard InChI is InChI=1S/C11H20N2O2/c14-11(15)9-12-5-3-4-10(8-12)13-6-1-2-7-13/h10H,1-9H2,(H,14,15). The van der Waals surface area contributed by atoms with Crippen LogP contribution >= 0.6 is 0 Å². The van der Waals surface area contributed by atoms with E-state index in [1.54, 1.807) is 0 Å². The van der Waals surface area contributed by atoms with Crippen LogP contribution < -0.4 is 0 Å². The predicted octanol–water partition coefficient (Wildman–Crippen LogP) is 0.631. The van der Waals surface area contributed by atoms with E-state index in [0.29, 0.717) is 6.04 Å². The van der Waals surface area contributed by atoms with Gasteiger partial charge in [-0.3, -0.25) is 14.6 Å². The lowest BCUT2D eigenvalue weighted by molar-refractivity contribution is -0.138. The van der Waals surface area contributed by atoms with Crippen molar-refractivity contribution in [3.8, 4) is 0 Å². The number of hydrogen-bond acceptors (Lipinski definition) is 3. The lowest BCUT2D eigenvalue weighted by Gasteiger charge is -2.36. The van der Waals surface area contributed by atoms with Crippen LogP contribution in [0.15, 0.2) is 0 Å². The van der Waals surface area contributed by atoms with E-state index in [4.69, 9.17) is 5.11 Å². The minimum absolute atomic E-state index is 0.213. The predicted molar refractivity (Wildman–Crippen MR) is 57.9 cm³/mol. The molecule has 0 aromatic carbocycles. The van der Waals surface area contributed by atoms with Crippen molar-refractivity contribution in [3.63, 3.8) is 0 Å². The first-order valence-corrected chi connectivity index (χ1v) is 5.94. The van der Waals surface area contributed by atoms with Crippen molar-refractivity contribution in [2.75, 3.05) is 32.7 Å². The van der Waals surface area contributed by atoms with Gasteiger partial charge in [0.25, 0.3) is 0 Å². The molecule has 0 aliphatic carbocycles. The fraction of sp³-hybridized carbons (Fsp3) is 0.909. The molecule has 2 aliphatic rings. The maximum atomic E-state index is 10.6. The number of aliphatic carboxylic acids is 1. The molecule has 2 rings (SSSR count). The summed E-state index contributed by atoms with van der Waals surface area (Å²) in [4.78, 5) is 15.3. The zero-order chi connectivity index (χ0) is 10.7. The largest absolute Gasteiger partial charge is 0.480 e. The Kier molecular flexibility index (Phi) is 3.59. The van der Waals surface area contributed by atoms with Crippen molar-refractivity contribution >= 4 is 5.97 Å². The molecule has 2 aliphatic heterocycles. The second kappa shape index (κ2) is 4.94. The summed E-state index contributed by atoms with van der Waals surface area (Å²) in [7, 11) is 0. The van der Waals surface area contributed by atoms with Crippen LogP contribution in [0.4, 0.5) is 0 Å². The number of nitrogens with zero attached hydrogens (tertiary/aromatic N) is 2. The second-order valence-electron chi connectivity index (χ2n) is 4.67. The molecule has 4 heteroatoms. The molecule has 2 heterocycles. The molecule has 1 unspecified atom stereocenters. The summed E-state index contributed by atoms with van der Waals surface area (Å²) in [5.41, 5.74) is 0. The van der Waals surface area contributed by atoms with E-state index in [1.807, 2.05) is 0 Å². The van der Waals surface area contributed by atoms with E-state index < -0.39 is 5.97 Å². The van der Waals surface area contributed by atoms with Gasteiger partial charge in [-0.1, -0.05) is 0 Å². The average molecular weight is 212 g/mol. The lowest BCUT2D eigenvalue weighted by atomic mass is 10.0. The fourth-order valence-corrected chi connectivity index (χ4v) is 2.77. The first-order valence-electron chi connectivity index (χ1n) is 5.94. The zero-order valence-corrected chi connectivity index (χ0v) is 9.19. The van der Waals surface area contributed by atoms with Crippen LogP contribution in [0.2, 0.25) is 0 Å². The summed E-state index contributed by atoms with van der Waals surface area (Å²) in [5, 5.41) is 8.76. The van der Waals surface area contributed by atoms with Gasteiger partial charge in [-0.25, -0.2) is 0 Å². The Morgan fingerprint density at radius 2 is 1.93 bits per heavy atom. The Bertz CT molecular complexity index is 227. The summed E-state index contributed by atoms with van der Waals surface area (Å²) in [5.74, 6) is -0.697. The minimum atomic E-state index is -0.697. The van der Waals surface area contributed by atoms with E-state index in [-0.39, 0.29) is 6.54 Å². The third kappa shape index (κ3) is 2.92. The second-order valence-corrected chi connectivity index (χ2v) is 4.67. The number of piperidine rings is 1. The normalized spacial score (nSPS) is 29.5. The quantitative estimate of drug-likeness (QED) is 0.745. The topological polar surface area (TPSA) is 43.8 Å². The fourth-order valence-electron chi connectivity index (χ4n) is 2.77. The van der Waals surface area contributed by atoms with E-state index >= 15 is 0 Å². The maximum Gasteiger partial charge on any atom is 0.317 e. The first-order chi connectivity index (χ1) is 7.25. The van der Waals surface area contributed by atoms with Crippen LogP contribution in [-0.4, -0.2) is 59.6 Å². The van der Waals surface area contributed by atoms with Gasteiger partial charge in [-0.2, -0.15) is 0 Å². The summed E-state index contributed by atoms with van der Waals surface area (Å²) in [6.07, 6.45) is 5.02. The van der Waals surface area contributed by atoms with Gasteiger partial charge in [0.15, 0.2) is 0 Å². The third-order valence-corrected chi connectivity index (χ3v) is 3.50. The van der Waals surface area contributed by atoms with Crippen LogP contribution in [0.5, 0.6) is 0 Å². The SMILES string of the molecule is O=C(O)CN1CCCC(N2CCCC2)C1. The molecule has 2 saturated heterocycles. The van der Waals surface area contributed by atoms with Gasteiger partial charge in [0.1, 0.15) is 0 Å². The van der Waals surface area contributed by atoms with E-state index in [0.717, 1.165) is 19.5 Å². The maximum absolute atomic E-state index is 10.6. The smallest absolute Gasteiger partial charge is 0.317 e. The number of carbonyl (C=O) groups is 1. The Balaban J connectivity index is 1.83. The molecule has 0 aromatic rings. The van der Waals surface area contributed by atoms with E-state index in [1.165, 1.54) is 32.4 Å². The summed E-state index contributed by atoms with van der Waals surface area (Å²) >= 11 is 0. The molecule has 0 saturated carbocycles. The van der Waals surface area contributed by atoms with Crippen LogP contribution in [0.1, 0.15) is 25.7 Å². The van der Waals surface area contributed by atoms with Gasteiger partial charge in [0.05, 0.1) is 6.54 Å². The molecule has 86 valence electrons. The summed E-state index contributed by atoms with van der Waals surface area (Å²) < 4.78 is 0. The molecule has 1 atom stereocenters. The van der Waals surface area contributed by atoms with Crippen LogP contribution in [0.25, 0.3) is 0 Å². The molecule has 0 amide bonds. The zero-order valence-electron chi connectivity index (χ0n) is 9.19. The number of carboxylic acids is 1. The van der Waals surface area contributed by atoms with Gasteiger partial charge in [0, 0.05) is 12.6 Å². The molecule has 0 aromatic heterocycles. The summed E-state index contributed by atoms with van der Waals surface area (Å²) in [6.45, 7) is 4.55. The van der Waals surface area contributed by atoms with Crippen molar-refractivity contribution in [3.05, 3.63) is 0 Å². The molecule has 15 heavy (non-hydrogen) atoms. The van der Waals surface area contributed by atoms with Crippen LogP contribution in [-0.2, 0) is 4.79 Å².